The number of nitriles is 1. The number of allylic oxidation sites excluding steroid dienone is 1. The summed E-state index contributed by atoms with van der Waals surface area (Å²) >= 11 is 0. The van der Waals surface area contributed by atoms with E-state index < -0.39 is 0 Å². The molecule has 0 atom stereocenters. The predicted molar refractivity (Wildman–Crippen MR) is 80.8 cm³/mol. The molecule has 0 amide bonds. The number of ketones is 1. The number of aromatic nitrogens is 3. The van der Waals surface area contributed by atoms with Crippen molar-refractivity contribution in [3.05, 3.63) is 47.1 Å². The fourth-order valence-corrected chi connectivity index (χ4v) is 2.01. The summed E-state index contributed by atoms with van der Waals surface area (Å²) in [5.74, 6) is -0.0938. The van der Waals surface area contributed by atoms with Crippen molar-refractivity contribution >= 4 is 11.9 Å². The van der Waals surface area contributed by atoms with Crippen molar-refractivity contribution in [3.8, 4) is 6.07 Å². The quantitative estimate of drug-likeness (QED) is 0.640. The third-order valence-corrected chi connectivity index (χ3v) is 3.52. The maximum absolute atomic E-state index is 12.1. The second-order valence-electron chi connectivity index (χ2n) is 5.24. The van der Waals surface area contributed by atoms with Crippen molar-refractivity contribution in [1.82, 2.24) is 14.3 Å². The van der Waals surface area contributed by atoms with Crippen LogP contribution in [0, 0.1) is 18.3 Å². The summed E-state index contributed by atoms with van der Waals surface area (Å²) < 4.78 is 3.56. The van der Waals surface area contributed by atoms with Gasteiger partial charge in [0.15, 0.2) is 5.78 Å². The zero-order valence-electron chi connectivity index (χ0n) is 12.7. The molecule has 0 saturated heterocycles. The summed E-state index contributed by atoms with van der Waals surface area (Å²) in [7, 11) is 1.83. The minimum atomic E-state index is -0.0938. The van der Waals surface area contributed by atoms with Crippen LogP contribution >= 0.6 is 0 Å². The first-order chi connectivity index (χ1) is 9.93. The third kappa shape index (κ3) is 2.95. The van der Waals surface area contributed by atoms with E-state index in [2.05, 4.69) is 11.2 Å². The predicted octanol–water partition coefficient (Wildman–Crippen LogP) is 2.88. The summed E-state index contributed by atoms with van der Waals surface area (Å²) in [4.78, 5) is 12.1. The fraction of sp³-hybridized carbons (Fsp3) is 0.312. The van der Waals surface area contributed by atoms with Crippen LogP contribution in [0.25, 0.3) is 6.08 Å². The van der Waals surface area contributed by atoms with Gasteiger partial charge in [-0.3, -0.25) is 9.48 Å². The number of nitrogens with zero attached hydrogens (tertiary/aromatic N) is 4. The van der Waals surface area contributed by atoms with E-state index in [1.54, 1.807) is 33.8 Å². The molecule has 5 heteroatoms. The van der Waals surface area contributed by atoms with Gasteiger partial charge in [0.1, 0.15) is 11.8 Å². The summed E-state index contributed by atoms with van der Waals surface area (Å²) in [5.41, 5.74) is 2.97. The number of carbonyl (C=O) groups excluding carboxylic acids is 1. The maximum Gasteiger partial charge on any atom is 0.189 e. The van der Waals surface area contributed by atoms with Crippen LogP contribution in [-0.4, -0.2) is 20.1 Å². The van der Waals surface area contributed by atoms with E-state index in [0.29, 0.717) is 11.3 Å². The van der Waals surface area contributed by atoms with Crippen molar-refractivity contribution < 1.29 is 4.79 Å². The van der Waals surface area contributed by atoms with E-state index in [9.17, 15) is 4.79 Å². The van der Waals surface area contributed by atoms with Gasteiger partial charge in [-0.25, -0.2) is 0 Å². The first-order valence-corrected chi connectivity index (χ1v) is 6.77. The molecule has 0 bridgehead atoms. The normalized spacial score (nSPS) is 11.2. The Labute approximate surface area is 124 Å². The number of carbonyl (C=O) groups is 1. The van der Waals surface area contributed by atoms with Crippen LogP contribution in [0.3, 0.4) is 0 Å². The van der Waals surface area contributed by atoms with Crippen LogP contribution < -0.4 is 0 Å². The summed E-state index contributed by atoms with van der Waals surface area (Å²) in [6.45, 7) is 5.93. The molecule has 2 heterocycles. The Balaban J connectivity index is 2.21. The smallest absolute Gasteiger partial charge is 0.189 e. The van der Waals surface area contributed by atoms with Gasteiger partial charge in [-0.2, -0.15) is 10.4 Å². The van der Waals surface area contributed by atoms with Gasteiger partial charge >= 0.3 is 0 Å². The molecule has 0 unspecified atom stereocenters. The number of hydrogen-bond donors (Lipinski definition) is 0. The zero-order chi connectivity index (χ0) is 15.6. The Bertz CT molecular complexity index is 741. The van der Waals surface area contributed by atoms with Crippen LogP contribution in [0.5, 0.6) is 0 Å². The molecule has 0 aliphatic carbocycles. The molecular weight excluding hydrogens is 264 g/mol. The molecule has 0 saturated carbocycles. The first kappa shape index (κ1) is 14.8. The number of hydrogen-bond acceptors (Lipinski definition) is 3. The van der Waals surface area contributed by atoms with Crippen LogP contribution in [-0.2, 0) is 7.05 Å². The lowest BCUT2D eigenvalue weighted by atomic mass is 10.1. The second-order valence-corrected chi connectivity index (χ2v) is 5.24. The van der Waals surface area contributed by atoms with Gasteiger partial charge in [0, 0.05) is 25.0 Å². The van der Waals surface area contributed by atoms with E-state index >= 15 is 0 Å². The van der Waals surface area contributed by atoms with E-state index in [4.69, 9.17) is 5.26 Å². The highest BCUT2D eigenvalue weighted by Gasteiger charge is 2.09. The summed E-state index contributed by atoms with van der Waals surface area (Å²) in [6, 6.07) is 4.12. The van der Waals surface area contributed by atoms with Crippen LogP contribution in [0.2, 0.25) is 0 Å². The van der Waals surface area contributed by atoms with Gasteiger partial charge < -0.3 is 4.57 Å². The zero-order valence-corrected chi connectivity index (χ0v) is 12.7. The highest BCUT2D eigenvalue weighted by Crippen LogP contribution is 2.15. The molecule has 0 aliphatic rings. The van der Waals surface area contributed by atoms with Crippen molar-refractivity contribution in [3.63, 3.8) is 0 Å². The molecule has 0 aliphatic heterocycles. The van der Waals surface area contributed by atoms with Gasteiger partial charge in [-0.05, 0) is 44.6 Å². The van der Waals surface area contributed by atoms with Gasteiger partial charge in [-0.1, -0.05) is 0 Å². The first-order valence-electron chi connectivity index (χ1n) is 6.77. The lowest BCUT2D eigenvalue weighted by molar-refractivity contribution is 0.104. The van der Waals surface area contributed by atoms with E-state index in [1.165, 1.54) is 6.08 Å². The molecule has 2 rings (SSSR count). The van der Waals surface area contributed by atoms with Gasteiger partial charge in [-0.15, -0.1) is 0 Å². The molecule has 0 N–H and O–H groups in total. The minimum Gasteiger partial charge on any atom is -0.339 e. The third-order valence-electron chi connectivity index (χ3n) is 3.52. The Morgan fingerprint density at radius 2 is 2.19 bits per heavy atom. The highest BCUT2D eigenvalue weighted by molar-refractivity contribution is 6.06. The monoisotopic (exact) mass is 282 g/mol. The molecule has 0 fully saturated rings. The largest absolute Gasteiger partial charge is 0.339 e. The topological polar surface area (TPSA) is 63.6 Å². The molecule has 108 valence electrons. The molecule has 2 aromatic heterocycles. The van der Waals surface area contributed by atoms with Crippen molar-refractivity contribution in [2.24, 2.45) is 7.05 Å². The average molecular weight is 282 g/mol. The molecule has 0 spiro atoms. The van der Waals surface area contributed by atoms with Crippen LogP contribution in [0.1, 0.15) is 47.2 Å². The maximum atomic E-state index is 12.1. The van der Waals surface area contributed by atoms with E-state index in [-0.39, 0.29) is 11.8 Å². The van der Waals surface area contributed by atoms with Crippen LogP contribution in [0.4, 0.5) is 0 Å². The van der Waals surface area contributed by atoms with Gasteiger partial charge in [0.2, 0.25) is 0 Å². The summed E-state index contributed by atoms with van der Waals surface area (Å²) in [5, 5.41) is 13.1. The Morgan fingerprint density at radius 3 is 2.71 bits per heavy atom. The number of rotatable bonds is 4. The van der Waals surface area contributed by atoms with Gasteiger partial charge in [0.05, 0.1) is 11.8 Å². The molecule has 5 nitrogen and oxygen atoms in total. The van der Waals surface area contributed by atoms with Crippen molar-refractivity contribution in [2.45, 2.75) is 26.8 Å². The van der Waals surface area contributed by atoms with E-state index in [1.807, 2.05) is 27.8 Å². The lowest BCUT2D eigenvalue weighted by Crippen LogP contribution is -2.00. The Kier molecular flexibility index (Phi) is 4.08. The molecule has 0 radical (unpaired) electrons. The molecule has 21 heavy (non-hydrogen) atoms. The average Bonchev–Trinajstić information content (AvgIpc) is 3.04. The summed E-state index contributed by atoms with van der Waals surface area (Å²) in [6.07, 6.45) is 6.58. The highest BCUT2D eigenvalue weighted by atomic mass is 16.1. The SMILES string of the molecule is Cc1c(C=CC(=O)c2cnn(C(C)C)c2)cc(C#N)n1C. The van der Waals surface area contributed by atoms with Crippen LogP contribution in [0.15, 0.2) is 24.5 Å². The minimum absolute atomic E-state index is 0.0938. The standard InChI is InChI=1S/C16H18N4O/c1-11(2)20-10-14(9-18-20)16(21)6-5-13-7-15(8-17)19(4)12(13)3/h5-7,9-11H,1-4H3. The molecular formula is C16H18N4O. The second kappa shape index (κ2) is 5.80. The van der Waals surface area contributed by atoms with Crippen molar-refractivity contribution in [1.29, 1.82) is 5.26 Å². The van der Waals surface area contributed by atoms with Gasteiger partial charge in [0.25, 0.3) is 0 Å². The lowest BCUT2D eigenvalue weighted by Gasteiger charge is -2.02. The molecule has 2 aromatic rings. The fourth-order valence-electron chi connectivity index (χ4n) is 2.01. The Morgan fingerprint density at radius 1 is 1.48 bits per heavy atom. The van der Waals surface area contributed by atoms with E-state index in [0.717, 1.165) is 11.3 Å². The molecule has 0 aromatic carbocycles. The Hall–Kier alpha value is -2.61. The van der Waals surface area contributed by atoms with Crippen molar-refractivity contribution in [2.75, 3.05) is 0 Å².